The third-order valence-corrected chi connectivity index (χ3v) is 5.95. The number of nitrogens with one attached hydrogen (secondary N) is 1. The summed E-state index contributed by atoms with van der Waals surface area (Å²) in [5.41, 5.74) is 1.09. The molecule has 0 bridgehead atoms. The van der Waals surface area contributed by atoms with Crippen LogP contribution in [0, 0.1) is 0 Å². The second-order valence-electron chi connectivity index (χ2n) is 5.88. The Hall–Kier alpha value is -1.44. The molecule has 2 aromatic carbocycles. The van der Waals surface area contributed by atoms with Crippen LogP contribution >= 0.6 is 11.6 Å². The topological polar surface area (TPSA) is 58.6 Å². The normalized spacial score (nSPS) is 17.3. The van der Waals surface area contributed by atoms with Gasteiger partial charge in [0, 0.05) is 30.7 Å². The van der Waals surface area contributed by atoms with E-state index in [0.717, 1.165) is 18.7 Å². The Bertz CT molecular complexity index is 776. The first kappa shape index (κ1) is 18.4. The molecule has 5 nitrogen and oxygen atoms in total. The van der Waals surface area contributed by atoms with Crippen LogP contribution in [0.4, 0.5) is 0 Å². The van der Waals surface area contributed by atoms with Gasteiger partial charge >= 0.3 is 0 Å². The van der Waals surface area contributed by atoms with E-state index in [4.69, 9.17) is 16.3 Å². The molecule has 0 aliphatic carbocycles. The average molecular weight is 381 g/mol. The molecule has 134 valence electrons. The summed E-state index contributed by atoms with van der Waals surface area (Å²) in [4.78, 5) is 2.47. The minimum atomic E-state index is -3.59. The third kappa shape index (κ3) is 4.80. The second-order valence-corrected chi connectivity index (χ2v) is 8.08. The Morgan fingerprint density at radius 1 is 1.04 bits per heavy atom. The lowest BCUT2D eigenvalue weighted by atomic mass is 10.1. The van der Waals surface area contributed by atoms with Gasteiger partial charge in [-0.25, -0.2) is 13.1 Å². The molecule has 1 aliphatic rings. The van der Waals surface area contributed by atoms with E-state index in [1.165, 1.54) is 12.1 Å². The highest BCUT2D eigenvalue weighted by Crippen LogP contribution is 2.22. The third-order valence-electron chi connectivity index (χ3n) is 4.26. The van der Waals surface area contributed by atoms with Crippen LogP contribution in [-0.2, 0) is 14.8 Å². The van der Waals surface area contributed by atoms with E-state index in [2.05, 4.69) is 9.62 Å². The molecule has 0 aromatic heterocycles. The van der Waals surface area contributed by atoms with Crippen molar-refractivity contribution in [3.63, 3.8) is 0 Å². The summed E-state index contributed by atoms with van der Waals surface area (Å²) in [5.74, 6) is 0. The summed E-state index contributed by atoms with van der Waals surface area (Å²) in [6, 6.07) is 16.1. The van der Waals surface area contributed by atoms with Crippen molar-refractivity contribution in [2.75, 3.05) is 32.8 Å². The smallest absolute Gasteiger partial charge is 0.240 e. The molecular formula is C18H21ClN2O3S. The molecule has 3 rings (SSSR count). The molecule has 25 heavy (non-hydrogen) atoms. The molecule has 2 aromatic rings. The van der Waals surface area contributed by atoms with Crippen molar-refractivity contribution in [1.29, 1.82) is 0 Å². The standard InChI is InChI=1S/C18H21ClN2O3S/c19-16-6-8-17(9-7-16)25(22,23)20-14-18(15-4-2-1-3-5-15)21-10-12-24-13-11-21/h1-9,18,20H,10-14H2/t18-/m0/s1. The lowest BCUT2D eigenvalue weighted by molar-refractivity contribution is 0.0172. The van der Waals surface area contributed by atoms with Gasteiger partial charge in [-0.05, 0) is 29.8 Å². The minimum Gasteiger partial charge on any atom is -0.379 e. The van der Waals surface area contributed by atoms with E-state index >= 15 is 0 Å². The van der Waals surface area contributed by atoms with Crippen LogP contribution in [0.3, 0.4) is 0 Å². The summed E-state index contributed by atoms with van der Waals surface area (Å²) in [6.45, 7) is 3.18. The fourth-order valence-electron chi connectivity index (χ4n) is 2.91. The maximum absolute atomic E-state index is 12.6. The first-order valence-corrected chi connectivity index (χ1v) is 10.0. The molecule has 1 fully saturated rings. The Balaban J connectivity index is 1.77. The maximum Gasteiger partial charge on any atom is 0.240 e. The van der Waals surface area contributed by atoms with Gasteiger partial charge < -0.3 is 4.74 Å². The quantitative estimate of drug-likeness (QED) is 0.837. The van der Waals surface area contributed by atoms with E-state index in [0.29, 0.717) is 24.8 Å². The lowest BCUT2D eigenvalue weighted by Gasteiger charge is -2.34. The zero-order valence-corrected chi connectivity index (χ0v) is 15.3. The summed E-state index contributed by atoms with van der Waals surface area (Å²) >= 11 is 5.84. The van der Waals surface area contributed by atoms with Gasteiger partial charge in [-0.1, -0.05) is 41.9 Å². The first-order chi connectivity index (χ1) is 12.1. The largest absolute Gasteiger partial charge is 0.379 e. The van der Waals surface area contributed by atoms with Crippen molar-refractivity contribution in [2.24, 2.45) is 0 Å². The zero-order chi connectivity index (χ0) is 17.7. The Kier molecular flexibility index (Phi) is 6.09. The van der Waals surface area contributed by atoms with Crippen LogP contribution in [0.5, 0.6) is 0 Å². The molecule has 1 aliphatic heterocycles. The second kappa shape index (κ2) is 8.29. The van der Waals surface area contributed by atoms with Crippen LogP contribution < -0.4 is 4.72 Å². The SMILES string of the molecule is O=S(=O)(NC[C@@H](c1ccccc1)N1CCOCC1)c1ccc(Cl)cc1. The zero-order valence-electron chi connectivity index (χ0n) is 13.8. The summed E-state index contributed by atoms with van der Waals surface area (Å²) in [5, 5.41) is 0.509. The van der Waals surface area contributed by atoms with E-state index in [-0.39, 0.29) is 10.9 Å². The van der Waals surface area contributed by atoms with Crippen LogP contribution in [-0.4, -0.2) is 46.2 Å². The van der Waals surface area contributed by atoms with Gasteiger partial charge in [0.05, 0.1) is 18.1 Å². The van der Waals surface area contributed by atoms with Gasteiger partial charge in [-0.2, -0.15) is 0 Å². The van der Waals surface area contributed by atoms with Crippen LogP contribution in [0.1, 0.15) is 11.6 Å². The predicted octanol–water partition coefficient (Wildman–Crippen LogP) is 2.69. The summed E-state index contributed by atoms with van der Waals surface area (Å²) < 4.78 is 33.3. The van der Waals surface area contributed by atoms with Crippen LogP contribution in [0.2, 0.25) is 5.02 Å². The number of sulfonamides is 1. The van der Waals surface area contributed by atoms with E-state index in [1.807, 2.05) is 30.3 Å². The maximum atomic E-state index is 12.6. The molecule has 1 atom stereocenters. The number of nitrogens with zero attached hydrogens (tertiary/aromatic N) is 1. The Morgan fingerprint density at radius 2 is 1.68 bits per heavy atom. The molecule has 0 amide bonds. The highest BCUT2D eigenvalue weighted by atomic mass is 35.5. The van der Waals surface area contributed by atoms with Gasteiger partial charge in [0.2, 0.25) is 10.0 Å². The van der Waals surface area contributed by atoms with Crippen molar-refractivity contribution < 1.29 is 13.2 Å². The molecule has 7 heteroatoms. The van der Waals surface area contributed by atoms with E-state index in [1.54, 1.807) is 12.1 Å². The van der Waals surface area contributed by atoms with Crippen molar-refractivity contribution in [2.45, 2.75) is 10.9 Å². The Labute approximate surface area is 153 Å². The van der Waals surface area contributed by atoms with Gasteiger partial charge in [0.25, 0.3) is 0 Å². The van der Waals surface area contributed by atoms with Crippen molar-refractivity contribution in [3.05, 3.63) is 65.2 Å². The molecule has 0 radical (unpaired) electrons. The number of benzene rings is 2. The number of morpholine rings is 1. The highest BCUT2D eigenvalue weighted by molar-refractivity contribution is 7.89. The van der Waals surface area contributed by atoms with Crippen molar-refractivity contribution >= 4 is 21.6 Å². The average Bonchev–Trinajstić information content (AvgIpc) is 2.64. The van der Waals surface area contributed by atoms with E-state index < -0.39 is 10.0 Å². The fourth-order valence-corrected chi connectivity index (χ4v) is 4.07. The van der Waals surface area contributed by atoms with Crippen molar-refractivity contribution in [3.8, 4) is 0 Å². The molecule has 1 saturated heterocycles. The van der Waals surface area contributed by atoms with Gasteiger partial charge in [0.1, 0.15) is 0 Å². The molecule has 1 N–H and O–H groups in total. The van der Waals surface area contributed by atoms with Crippen molar-refractivity contribution in [1.82, 2.24) is 9.62 Å². The number of ether oxygens (including phenoxy) is 1. The number of hydrogen-bond donors (Lipinski definition) is 1. The minimum absolute atomic E-state index is 0.0350. The van der Waals surface area contributed by atoms with Gasteiger partial charge in [0.15, 0.2) is 0 Å². The monoisotopic (exact) mass is 380 g/mol. The predicted molar refractivity (Wildman–Crippen MR) is 98.2 cm³/mol. The molecule has 0 unspecified atom stereocenters. The summed E-state index contributed by atoms with van der Waals surface area (Å²) in [7, 11) is -3.59. The number of hydrogen-bond acceptors (Lipinski definition) is 4. The molecule has 1 heterocycles. The number of rotatable bonds is 6. The lowest BCUT2D eigenvalue weighted by Crippen LogP contribution is -2.43. The van der Waals surface area contributed by atoms with Crippen LogP contribution in [0.15, 0.2) is 59.5 Å². The highest BCUT2D eigenvalue weighted by Gasteiger charge is 2.24. The Morgan fingerprint density at radius 3 is 2.32 bits per heavy atom. The van der Waals surface area contributed by atoms with Gasteiger partial charge in [-0.15, -0.1) is 0 Å². The van der Waals surface area contributed by atoms with E-state index in [9.17, 15) is 8.42 Å². The fraction of sp³-hybridized carbons (Fsp3) is 0.333. The number of halogens is 1. The summed E-state index contributed by atoms with van der Waals surface area (Å²) in [6.07, 6.45) is 0. The first-order valence-electron chi connectivity index (χ1n) is 8.18. The molecule has 0 spiro atoms. The molecule has 0 saturated carbocycles. The molecular weight excluding hydrogens is 360 g/mol. The van der Waals surface area contributed by atoms with Crippen LogP contribution in [0.25, 0.3) is 0 Å². The van der Waals surface area contributed by atoms with Gasteiger partial charge in [-0.3, -0.25) is 4.90 Å².